The van der Waals surface area contributed by atoms with Crippen LogP contribution in [0, 0.1) is 22.9 Å². The number of carbonyl (C=O) groups excluding carboxylic acids is 1. The largest absolute Gasteiger partial charge is 0.339 e. The van der Waals surface area contributed by atoms with Crippen LogP contribution < -0.4 is 0 Å². The number of amides is 1. The summed E-state index contributed by atoms with van der Waals surface area (Å²) >= 11 is 6.05. The first-order chi connectivity index (χ1) is 14.2. The van der Waals surface area contributed by atoms with Gasteiger partial charge in [-0.3, -0.25) is 24.5 Å². The van der Waals surface area contributed by atoms with E-state index in [9.17, 15) is 28.1 Å². The molecule has 3 rings (SSSR count). The van der Waals surface area contributed by atoms with Gasteiger partial charge in [-0.15, -0.1) is 0 Å². The van der Waals surface area contributed by atoms with Crippen molar-refractivity contribution in [2.75, 3.05) is 26.2 Å². The minimum absolute atomic E-state index is 0.100. The van der Waals surface area contributed by atoms with Crippen molar-refractivity contribution in [3.05, 3.63) is 56.1 Å². The topological polar surface area (TPSA) is 84.5 Å². The fourth-order valence-corrected chi connectivity index (χ4v) is 3.60. The van der Waals surface area contributed by atoms with Crippen LogP contribution in [0.15, 0.2) is 18.2 Å². The van der Waals surface area contributed by atoms with E-state index in [0.717, 1.165) is 4.68 Å². The number of nitrogens with zero attached hydrogens (tertiary/aromatic N) is 5. The fourth-order valence-electron chi connectivity index (χ4n) is 3.38. The summed E-state index contributed by atoms with van der Waals surface area (Å²) in [5, 5.41) is 15.0. The smallest absolute Gasteiger partial charge is 0.319 e. The van der Waals surface area contributed by atoms with E-state index >= 15 is 0 Å². The minimum Gasteiger partial charge on any atom is -0.339 e. The molecule has 1 saturated heterocycles. The van der Waals surface area contributed by atoms with Gasteiger partial charge in [0.15, 0.2) is 0 Å². The molecule has 0 radical (unpaired) electrons. The van der Waals surface area contributed by atoms with Crippen molar-refractivity contribution in [3.8, 4) is 0 Å². The van der Waals surface area contributed by atoms with Gasteiger partial charge in [0, 0.05) is 43.3 Å². The molecule has 2 aromatic rings. The van der Waals surface area contributed by atoms with Gasteiger partial charge in [0.05, 0.1) is 4.92 Å². The van der Waals surface area contributed by atoms with Crippen molar-refractivity contribution in [2.45, 2.75) is 26.4 Å². The molecule has 0 atom stereocenters. The Morgan fingerprint density at radius 2 is 1.97 bits per heavy atom. The normalized spacial score (nSPS) is 15.1. The molecule has 0 aliphatic carbocycles. The van der Waals surface area contributed by atoms with Crippen LogP contribution >= 0.6 is 11.6 Å². The molecule has 2 heterocycles. The number of nitro groups is 1. The van der Waals surface area contributed by atoms with E-state index in [0.29, 0.717) is 43.3 Å². The minimum atomic E-state index is -3.12. The molecule has 30 heavy (non-hydrogen) atoms. The quantitative estimate of drug-likeness (QED) is 0.503. The molecule has 0 spiro atoms. The van der Waals surface area contributed by atoms with E-state index in [-0.39, 0.29) is 18.1 Å². The number of halogens is 4. The summed E-state index contributed by atoms with van der Waals surface area (Å²) in [5.41, 5.74) is -1.43. The van der Waals surface area contributed by atoms with Crippen molar-refractivity contribution < 1.29 is 22.9 Å². The standard InChI is InChI=1S/C18H19ClF3N5O3/c1-11-17(27(29)30)16(18(21)22)23-26(11)10-15(28)25-7-5-24(6-8-25)9-12-13(19)3-2-4-14(12)20/h2-4,18H,5-10H2,1H3. The lowest BCUT2D eigenvalue weighted by molar-refractivity contribution is -0.386. The highest BCUT2D eigenvalue weighted by Gasteiger charge is 2.32. The molecule has 1 aliphatic heterocycles. The Morgan fingerprint density at radius 3 is 2.50 bits per heavy atom. The molecule has 1 aromatic heterocycles. The number of hydrogen-bond donors (Lipinski definition) is 0. The first-order valence-corrected chi connectivity index (χ1v) is 9.49. The molecule has 1 amide bonds. The molecule has 12 heteroatoms. The van der Waals surface area contributed by atoms with Crippen molar-refractivity contribution in [3.63, 3.8) is 0 Å². The van der Waals surface area contributed by atoms with E-state index in [2.05, 4.69) is 5.10 Å². The second-order valence-electron chi connectivity index (χ2n) is 6.89. The number of rotatable bonds is 6. The first-order valence-electron chi connectivity index (χ1n) is 9.12. The van der Waals surface area contributed by atoms with Gasteiger partial charge >= 0.3 is 5.69 Å². The number of carbonyl (C=O) groups is 1. The average molecular weight is 446 g/mol. The van der Waals surface area contributed by atoms with Gasteiger partial charge in [-0.2, -0.15) is 5.10 Å². The molecule has 162 valence electrons. The maximum absolute atomic E-state index is 14.0. The predicted molar refractivity (Wildman–Crippen MR) is 102 cm³/mol. The fraction of sp³-hybridized carbons (Fsp3) is 0.444. The Morgan fingerprint density at radius 1 is 1.30 bits per heavy atom. The molecule has 0 unspecified atom stereocenters. The second-order valence-corrected chi connectivity index (χ2v) is 7.30. The van der Waals surface area contributed by atoms with Gasteiger partial charge in [-0.1, -0.05) is 17.7 Å². The summed E-state index contributed by atoms with van der Waals surface area (Å²) in [5.74, 6) is -0.786. The summed E-state index contributed by atoms with van der Waals surface area (Å²) in [6.07, 6.45) is -3.12. The molecule has 1 aliphatic rings. The second kappa shape index (κ2) is 9.00. The highest BCUT2D eigenvalue weighted by Crippen LogP contribution is 2.30. The van der Waals surface area contributed by atoms with Crippen LogP contribution in [0.5, 0.6) is 0 Å². The Balaban J connectivity index is 1.62. The van der Waals surface area contributed by atoms with Gasteiger partial charge in [-0.25, -0.2) is 13.2 Å². The van der Waals surface area contributed by atoms with Crippen LogP contribution in [0.3, 0.4) is 0 Å². The molecule has 0 saturated carbocycles. The van der Waals surface area contributed by atoms with Crippen molar-refractivity contribution in [1.29, 1.82) is 0 Å². The molecular formula is C18H19ClF3N5O3. The van der Waals surface area contributed by atoms with Gasteiger partial charge < -0.3 is 4.90 Å². The van der Waals surface area contributed by atoms with E-state index < -0.39 is 28.5 Å². The summed E-state index contributed by atoms with van der Waals surface area (Å²) in [4.78, 5) is 26.2. The zero-order valence-corrected chi connectivity index (χ0v) is 16.8. The number of hydrogen-bond acceptors (Lipinski definition) is 5. The van der Waals surface area contributed by atoms with Gasteiger partial charge in [-0.05, 0) is 19.1 Å². The Kier molecular flexibility index (Phi) is 6.61. The molecule has 1 fully saturated rings. The van der Waals surface area contributed by atoms with Crippen molar-refractivity contribution >= 4 is 23.2 Å². The zero-order valence-electron chi connectivity index (χ0n) is 16.0. The average Bonchev–Trinajstić information content (AvgIpc) is 3.02. The lowest BCUT2D eigenvalue weighted by atomic mass is 10.2. The van der Waals surface area contributed by atoms with E-state index in [1.807, 2.05) is 4.90 Å². The molecule has 1 aromatic carbocycles. The van der Waals surface area contributed by atoms with Gasteiger partial charge in [0.2, 0.25) is 11.6 Å². The summed E-state index contributed by atoms with van der Waals surface area (Å²) in [7, 11) is 0. The lowest BCUT2D eigenvalue weighted by Gasteiger charge is -2.35. The SMILES string of the molecule is Cc1c([N+](=O)[O-])c(C(F)F)nn1CC(=O)N1CCN(Cc2c(F)cccc2Cl)CC1. The number of benzene rings is 1. The van der Waals surface area contributed by atoms with Crippen LogP contribution in [-0.4, -0.2) is 56.6 Å². The third kappa shape index (κ3) is 4.57. The molecule has 0 N–H and O–H groups in total. The number of alkyl halides is 2. The number of aromatic nitrogens is 2. The third-order valence-corrected chi connectivity index (χ3v) is 5.40. The van der Waals surface area contributed by atoms with Crippen LogP contribution in [0.4, 0.5) is 18.9 Å². The summed E-state index contributed by atoms with van der Waals surface area (Å²) in [6, 6.07) is 4.47. The Bertz CT molecular complexity index is 941. The van der Waals surface area contributed by atoms with E-state index in [1.165, 1.54) is 24.0 Å². The molecule has 0 bridgehead atoms. The maximum Gasteiger partial charge on any atom is 0.319 e. The van der Waals surface area contributed by atoms with Gasteiger partial charge in [0.1, 0.15) is 18.1 Å². The molecule has 8 nitrogen and oxygen atoms in total. The van der Waals surface area contributed by atoms with E-state index in [4.69, 9.17) is 11.6 Å². The van der Waals surface area contributed by atoms with Crippen LogP contribution in [0.1, 0.15) is 23.4 Å². The monoisotopic (exact) mass is 445 g/mol. The van der Waals surface area contributed by atoms with Crippen LogP contribution in [0.25, 0.3) is 0 Å². The van der Waals surface area contributed by atoms with Crippen molar-refractivity contribution in [1.82, 2.24) is 19.6 Å². The highest BCUT2D eigenvalue weighted by atomic mass is 35.5. The first kappa shape index (κ1) is 22.0. The maximum atomic E-state index is 14.0. The number of piperazine rings is 1. The van der Waals surface area contributed by atoms with Crippen LogP contribution in [-0.2, 0) is 17.9 Å². The molecular weight excluding hydrogens is 427 g/mol. The van der Waals surface area contributed by atoms with Crippen molar-refractivity contribution in [2.24, 2.45) is 0 Å². The zero-order chi connectivity index (χ0) is 22.0. The Labute approximate surface area is 175 Å². The highest BCUT2D eigenvalue weighted by molar-refractivity contribution is 6.31. The lowest BCUT2D eigenvalue weighted by Crippen LogP contribution is -2.49. The van der Waals surface area contributed by atoms with Gasteiger partial charge in [0.25, 0.3) is 6.43 Å². The summed E-state index contributed by atoms with van der Waals surface area (Å²) < 4.78 is 41.0. The van der Waals surface area contributed by atoms with Crippen LogP contribution in [0.2, 0.25) is 5.02 Å². The Hall–Kier alpha value is -2.66. The third-order valence-electron chi connectivity index (χ3n) is 5.04. The summed E-state index contributed by atoms with van der Waals surface area (Å²) in [6.45, 7) is 2.83. The van der Waals surface area contributed by atoms with E-state index in [1.54, 1.807) is 6.07 Å². The predicted octanol–water partition coefficient (Wildman–Crippen LogP) is 3.17.